The Kier molecular flexibility index (Phi) is 4.03. The number of hydrogen-bond donors (Lipinski definition) is 0. The fourth-order valence-corrected chi connectivity index (χ4v) is 0.823. The number of hydrogen-bond acceptors (Lipinski definition) is 3. The van der Waals surface area contributed by atoms with Crippen molar-refractivity contribution < 1.29 is 9.53 Å². The summed E-state index contributed by atoms with van der Waals surface area (Å²) in [5, 5.41) is 0. The highest BCUT2D eigenvalue weighted by atomic mass is 16.5. The second-order valence-corrected chi connectivity index (χ2v) is 2.69. The first-order valence-electron chi connectivity index (χ1n) is 3.30. The van der Waals surface area contributed by atoms with E-state index in [1.165, 1.54) is 7.11 Å². The van der Waals surface area contributed by atoms with Crippen LogP contribution in [0.3, 0.4) is 0 Å². The first kappa shape index (κ1) is 9.43. The van der Waals surface area contributed by atoms with Crippen molar-refractivity contribution in [1.82, 2.24) is 4.90 Å². The van der Waals surface area contributed by atoms with Crippen molar-refractivity contribution in [3.8, 4) is 0 Å². The molecule has 0 bridgehead atoms. The molecule has 0 N–H and O–H groups in total. The van der Waals surface area contributed by atoms with Gasteiger partial charge in [-0.25, -0.2) is 0 Å². The molecular weight excluding hydrogens is 130 g/mol. The smallest absolute Gasteiger partial charge is 0.309 e. The van der Waals surface area contributed by atoms with Gasteiger partial charge in [-0.3, -0.25) is 4.79 Å². The highest BCUT2D eigenvalue weighted by Gasteiger charge is 2.12. The summed E-state index contributed by atoms with van der Waals surface area (Å²) in [7, 11) is 5.27. The van der Waals surface area contributed by atoms with Crippen molar-refractivity contribution in [2.45, 2.75) is 6.92 Å². The van der Waals surface area contributed by atoms with Crippen LogP contribution in [0.1, 0.15) is 6.92 Å². The van der Waals surface area contributed by atoms with Gasteiger partial charge in [-0.1, -0.05) is 6.92 Å². The summed E-state index contributed by atoms with van der Waals surface area (Å²) < 4.78 is 4.55. The largest absolute Gasteiger partial charge is 0.469 e. The zero-order chi connectivity index (χ0) is 8.15. The predicted molar refractivity (Wildman–Crippen MR) is 39.7 cm³/mol. The maximum atomic E-state index is 10.8. The predicted octanol–water partition coefficient (Wildman–Crippen LogP) is 0.357. The molecule has 0 rings (SSSR count). The SMILES string of the molecule is COC(=O)[C@H](C)CN(C)C. The van der Waals surface area contributed by atoms with E-state index < -0.39 is 0 Å². The van der Waals surface area contributed by atoms with Crippen molar-refractivity contribution in [1.29, 1.82) is 0 Å². The van der Waals surface area contributed by atoms with Crippen LogP contribution in [0.2, 0.25) is 0 Å². The molecule has 3 heteroatoms. The maximum absolute atomic E-state index is 10.8. The van der Waals surface area contributed by atoms with Crippen LogP contribution in [0.4, 0.5) is 0 Å². The van der Waals surface area contributed by atoms with Gasteiger partial charge in [0, 0.05) is 6.54 Å². The molecule has 0 radical (unpaired) electrons. The second-order valence-electron chi connectivity index (χ2n) is 2.69. The summed E-state index contributed by atoms with van der Waals surface area (Å²) in [6.07, 6.45) is 0. The Hall–Kier alpha value is -0.570. The van der Waals surface area contributed by atoms with Crippen LogP contribution in [-0.4, -0.2) is 38.6 Å². The Morgan fingerprint density at radius 1 is 1.60 bits per heavy atom. The van der Waals surface area contributed by atoms with Gasteiger partial charge in [0.25, 0.3) is 0 Å². The lowest BCUT2D eigenvalue weighted by Gasteiger charge is -2.13. The van der Waals surface area contributed by atoms with E-state index in [-0.39, 0.29) is 11.9 Å². The van der Waals surface area contributed by atoms with Gasteiger partial charge in [0.05, 0.1) is 13.0 Å². The summed E-state index contributed by atoms with van der Waals surface area (Å²) in [6.45, 7) is 2.60. The number of ether oxygens (including phenoxy) is 1. The highest BCUT2D eigenvalue weighted by molar-refractivity contribution is 5.71. The minimum atomic E-state index is -0.145. The Balaban J connectivity index is 3.61. The molecule has 0 amide bonds. The molecule has 0 aromatic carbocycles. The molecule has 0 saturated heterocycles. The molecule has 3 nitrogen and oxygen atoms in total. The zero-order valence-corrected chi connectivity index (χ0v) is 7.05. The van der Waals surface area contributed by atoms with Crippen LogP contribution in [0.15, 0.2) is 0 Å². The molecule has 0 aliphatic carbocycles. The summed E-state index contributed by atoms with van der Waals surface area (Å²) in [5.41, 5.74) is 0. The Morgan fingerprint density at radius 3 is 2.40 bits per heavy atom. The Labute approximate surface area is 62.0 Å². The van der Waals surface area contributed by atoms with Crippen LogP contribution < -0.4 is 0 Å². The first-order valence-corrected chi connectivity index (χ1v) is 3.30. The molecular formula is C7H15NO2. The third kappa shape index (κ3) is 3.45. The quantitative estimate of drug-likeness (QED) is 0.537. The van der Waals surface area contributed by atoms with E-state index in [2.05, 4.69) is 4.74 Å². The van der Waals surface area contributed by atoms with E-state index in [4.69, 9.17) is 0 Å². The van der Waals surface area contributed by atoms with Gasteiger partial charge >= 0.3 is 5.97 Å². The van der Waals surface area contributed by atoms with Crippen molar-refractivity contribution in [2.75, 3.05) is 27.7 Å². The molecule has 0 aromatic heterocycles. The molecule has 0 aliphatic rings. The lowest BCUT2D eigenvalue weighted by Crippen LogP contribution is -2.26. The molecule has 0 fully saturated rings. The third-order valence-electron chi connectivity index (χ3n) is 1.24. The zero-order valence-electron chi connectivity index (χ0n) is 7.05. The molecule has 0 unspecified atom stereocenters. The summed E-state index contributed by atoms with van der Waals surface area (Å²) in [5.74, 6) is -0.173. The molecule has 0 aliphatic heterocycles. The van der Waals surface area contributed by atoms with Crippen LogP contribution in [0, 0.1) is 5.92 Å². The fraction of sp³-hybridized carbons (Fsp3) is 0.857. The van der Waals surface area contributed by atoms with Crippen LogP contribution >= 0.6 is 0 Å². The molecule has 60 valence electrons. The number of carbonyl (C=O) groups is 1. The van der Waals surface area contributed by atoms with Crippen LogP contribution in [0.5, 0.6) is 0 Å². The topological polar surface area (TPSA) is 29.5 Å². The standard InChI is InChI=1S/C7H15NO2/c1-6(5-8(2)3)7(9)10-4/h6H,5H2,1-4H3/t6-/m1/s1. The number of nitrogens with zero attached hydrogens (tertiary/aromatic N) is 1. The lowest BCUT2D eigenvalue weighted by molar-refractivity contribution is -0.145. The van der Waals surface area contributed by atoms with E-state index in [0.29, 0.717) is 0 Å². The van der Waals surface area contributed by atoms with Crippen molar-refractivity contribution >= 4 is 5.97 Å². The van der Waals surface area contributed by atoms with E-state index >= 15 is 0 Å². The van der Waals surface area contributed by atoms with Crippen LogP contribution in [-0.2, 0) is 9.53 Å². The minimum Gasteiger partial charge on any atom is -0.469 e. The van der Waals surface area contributed by atoms with Gasteiger partial charge in [-0.15, -0.1) is 0 Å². The van der Waals surface area contributed by atoms with Gasteiger partial charge < -0.3 is 9.64 Å². The Morgan fingerprint density at radius 2 is 2.10 bits per heavy atom. The van der Waals surface area contributed by atoms with E-state index in [1.807, 2.05) is 25.9 Å². The number of methoxy groups -OCH3 is 1. The van der Waals surface area contributed by atoms with Gasteiger partial charge in [-0.2, -0.15) is 0 Å². The number of carbonyl (C=O) groups excluding carboxylic acids is 1. The van der Waals surface area contributed by atoms with E-state index in [1.54, 1.807) is 0 Å². The molecule has 0 spiro atoms. The number of rotatable bonds is 3. The summed E-state index contributed by atoms with van der Waals surface area (Å²) in [6, 6.07) is 0. The monoisotopic (exact) mass is 145 g/mol. The molecule has 0 heterocycles. The van der Waals surface area contributed by atoms with Gasteiger partial charge in [0.1, 0.15) is 0 Å². The first-order chi connectivity index (χ1) is 4.57. The molecule has 10 heavy (non-hydrogen) atoms. The Bertz CT molecular complexity index is 112. The summed E-state index contributed by atoms with van der Waals surface area (Å²) in [4.78, 5) is 12.8. The van der Waals surface area contributed by atoms with E-state index in [0.717, 1.165) is 6.54 Å². The normalized spacial score (nSPS) is 13.3. The van der Waals surface area contributed by atoms with Gasteiger partial charge in [0.15, 0.2) is 0 Å². The highest BCUT2D eigenvalue weighted by Crippen LogP contribution is 1.97. The maximum Gasteiger partial charge on any atom is 0.309 e. The van der Waals surface area contributed by atoms with Gasteiger partial charge in [-0.05, 0) is 14.1 Å². The fourth-order valence-electron chi connectivity index (χ4n) is 0.823. The van der Waals surface area contributed by atoms with E-state index in [9.17, 15) is 4.79 Å². The molecule has 1 atom stereocenters. The molecule has 0 saturated carbocycles. The lowest BCUT2D eigenvalue weighted by atomic mass is 10.2. The van der Waals surface area contributed by atoms with Crippen molar-refractivity contribution in [3.05, 3.63) is 0 Å². The van der Waals surface area contributed by atoms with Crippen LogP contribution in [0.25, 0.3) is 0 Å². The second kappa shape index (κ2) is 4.28. The van der Waals surface area contributed by atoms with Crippen molar-refractivity contribution in [3.63, 3.8) is 0 Å². The summed E-state index contributed by atoms with van der Waals surface area (Å²) >= 11 is 0. The number of esters is 1. The molecule has 0 aromatic rings. The average molecular weight is 145 g/mol. The van der Waals surface area contributed by atoms with Crippen molar-refractivity contribution in [2.24, 2.45) is 5.92 Å². The minimum absolute atomic E-state index is 0.0278. The average Bonchev–Trinajstić information content (AvgIpc) is 1.85. The van der Waals surface area contributed by atoms with Gasteiger partial charge in [0.2, 0.25) is 0 Å². The third-order valence-corrected chi connectivity index (χ3v) is 1.24.